The van der Waals surface area contributed by atoms with E-state index in [1.165, 1.54) is 11.3 Å². The number of terminal acetylenes is 1. The van der Waals surface area contributed by atoms with E-state index < -0.39 is 0 Å². The van der Waals surface area contributed by atoms with Crippen LogP contribution in [0.1, 0.15) is 28.7 Å². The minimum Gasteiger partial charge on any atom is -0.375 e. The van der Waals surface area contributed by atoms with E-state index >= 15 is 0 Å². The zero-order chi connectivity index (χ0) is 11.4. The molecule has 0 aromatic carbocycles. The SMILES string of the molecule is C#CC(CC)NC(=O)c1sc(N)nc1C. The van der Waals surface area contributed by atoms with Crippen LogP contribution in [0.15, 0.2) is 0 Å². The van der Waals surface area contributed by atoms with Crippen LogP contribution in [0.4, 0.5) is 5.13 Å². The summed E-state index contributed by atoms with van der Waals surface area (Å²) in [5, 5.41) is 3.12. The van der Waals surface area contributed by atoms with Gasteiger partial charge in [-0.05, 0) is 13.3 Å². The van der Waals surface area contributed by atoms with E-state index in [2.05, 4.69) is 16.2 Å². The highest BCUT2D eigenvalue weighted by molar-refractivity contribution is 7.17. The number of hydrogen-bond donors (Lipinski definition) is 2. The molecular formula is C10H13N3OS. The minimum absolute atomic E-state index is 0.202. The lowest BCUT2D eigenvalue weighted by atomic mass is 10.2. The van der Waals surface area contributed by atoms with E-state index in [9.17, 15) is 4.79 Å². The number of nitrogens with one attached hydrogen (secondary N) is 1. The summed E-state index contributed by atoms with van der Waals surface area (Å²) < 4.78 is 0. The van der Waals surface area contributed by atoms with Crippen molar-refractivity contribution in [2.45, 2.75) is 26.3 Å². The highest BCUT2D eigenvalue weighted by atomic mass is 32.1. The molecule has 0 radical (unpaired) electrons. The maximum atomic E-state index is 11.7. The molecule has 1 amide bonds. The number of aryl methyl sites for hydroxylation is 1. The molecule has 0 bridgehead atoms. The van der Waals surface area contributed by atoms with Crippen molar-refractivity contribution < 1.29 is 4.79 Å². The van der Waals surface area contributed by atoms with Crippen molar-refractivity contribution in [3.8, 4) is 12.3 Å². The van der Waals surface area contributed by atoms with Gasteiger partial charge < -0.3 is 11.1 Å². The Kier molecular flexibility index (Phi) is 3.69. The number of thiazole rings is 1. The Bertz CT molecular complexity index is 405. The number of hydrogen-bond acceptors (Lipinski definition) is 4. The summed E-state index contributed by atoms with van der Waals surface area (Å²) >= 11 is 1.17. The second-order valence-corrected chi connectivity index (χ2v) is 4.10. The minimum atomic E-state index is -0.236. The van der Waals surface area contributed by atoms with Gasteiger partial charge >= 0.3 is 0 Å². The number of nitrogen functional groups attached to an aromatic ring is 1. The van der Waals surface area contributed by atoms with Gasteiger partial charge in [0, 0.05) is 0 Å². The molecule has 5 heteroatoms. The number of carbonyl (C=O) groups is 1. The molecule has 1 unspecified atom stereocenters. The van der Waals surface area contributed by atoms with Crippen molar-refractivity contribution in [2.24, 2.45) is 0 Å². The molecule has 0 aliphatic carbocycles. The molecule has 80 valence electrons. The van der Waals surface area contributed by atoms with Crippen LogP contribution in [0, 0.1) is 19.3 Å². The summed E-state index contributed by atoms with van der Waals surface area (Å²) in [6.07, 6.45) is 5.96. The first-order valence-corrected chi connectivity index (χ1v) is 5.40. The van der Waals surface area contributed by atoms with E-state index in [4.69, 9.17) is 12.2 Å². The molecule has 0 fully saturated rings. The van der Waals surface area contributed by atoms with Gasteiger partial charge in [-0.25, -0.2) is 4.98 Å². The van der Waals surface area contributed by atoms with Crippen molar-refractivity contribution >= 4 is 22.4 Å². The van der Waals surface area contributed by atoms with E-state index in [0.717, 1.165) is 0 Å². The van der Waals surface area contributed by atoms with Crippen molar-refractivity contribution in [3.05, 3.63) is 10.6 Å². The molecule has 4 nitrogen and oxygen atoms in total. The van der Waals surface area contributed by atoms with Crippen LogP contribution in [-0.4, -0.2) is 16.9 Å². The molecule has 0 spiro atoms. The fraction of sp³-hybridized carbons (Fsp3) is 0.400. The highest BCUT2D eigenvalue weighted by Crippen LogP contribution is 2.19. The Morgan fingerprint density at radius 2 is 2.47 bits per heavy atom. The van der Waals surface area contributed by atoms with Crippen LogP contribution >= 0.6 is 11.3 Å². The summed E-state index contributed by atoms with van der Waals surface area (Å²) in [4.78, 5) is 16.2. The third-order valence-electron chi connectivity index (χ3n) is 1.93. The summed E-state index contributed by atoms with van der Waals surface area (Å²) in [5.41, 5.74) is 6.14. The average Bonchev–Trinajstić information content (AvgIpc) is 2.54. The standard InChI is InChI=1S/C10H13N3OS/c1-4-7(5-2)13-9(14)8-6(3)12-10(11)15-8/h1,7H,5H2,2-3H3,(H2,11,12)(H,13,14). The lowest BCUT2D eigenvalue weighted by Gasteiger charge is -2.09. The van der Waals surface area contributed by atoms with E-state index in [0.29, 0.717) is 22.1 Å². The van der Waals surface area contributed by atoms with Crippen molar-refractivity contribution in [3.63, 3.8) is 0 Å². The smallest absolute Gasteiger partial charge is 0.264 e. The van der Waals surface area contributed by atoms with Crippen LogP contribution in [0.2, 0.25) is 0 Å². The Hall–Kier alpha value is -1.54. The summed E-state index contributed by atoms with van der Waals surface area (Å²) in [5.74, 6) is 2.30. The largest absolute Gasteiger partial charge is 0.375 e. The number of aromatic nitrogens is 1. The maximum Gasteiger partial charge on any atom is 0.264 e. The lowest BCUT2D eigenvalue weighted by molar-refractivity contribution is 0.0948. The Labute approximate surface area is 92.9 Å². The number of amides is 1. The number of rotatable bonds is 3. The molecule has 3 N–H and O–H groups in total. The van der Waals surface area contributed by atoms with Crippen LogP contribution in [-0.2, 0) is 0 Å². The van der Waals surface area contributed by atoms with Gasteiger partial charge in [0.25, 0.3) is 5.91 Å². The van der Waals surface area contributed by atoms with Crippen LogP contribution in [0.5, 0.6) is 0 Å². The second kappa shape index (κ2) is 4.80. The summed E-state index contributed by atoms with van der Waals surface area (Å²) in [6.45, 7) is 3.66. The fourth-order valence-corrected chi connectivity index (χ4v) is 1.85. The Balaban J connectivity index is 2.78. The van der Waals surface area contributed by atoms with Crippen LogP contribution in [0.3, 0.4) is 0 Å². The molecule has 1 heterocycles. The van der Waals surface area contributed by atoms with Gasteiger partial charge in [-0.2, -0.15) is 0 Å². The number of nitrogens with two attached hydrogens (primary N) is 1. The molecule has 0 aliphatic heterocycles. The zero-order valence-electron chi connectivity index (χ0n) is 8.70. The molecule has 15 heavy (non-hydrogen) atoms. The predicted octanol–water partition coefficient (Wildman–Crippen LogP) is 1.18. The molecule has 1 atom stereocenters. The third kappa shape index (κ3) is 2.70. The molecular weight excluding hydrogens is 210 g/mol. The van der Waals surface area contributed by atoms with Crippen LogP contribution in [0.25, 0.3) is 0 Å². The first-order valence-electron chi connectivity index (χ1n) is 4.58. The molecule has 1 rings (SSSR count). The molecule has 0 saturated heterocycles. The van der Waals surface area contributed by atoms with Gasteiger partial charge in [-0.3, -0.25) is 4.79 Å². The van der Waals surface area contributed by atoms with Gasteiger partial charge in [0.2, 0.25) is 0 Å². The van der Waals surface area contributed by atoms with Crippen LogP contribution < -0.4 is 11.1 Å². The van der Waals surface area contributed by atoms with Gasteiger partial charge in [-0.15, -0.1) is 6.42 Å². The van der Waals surface area contributed by atoms with Gasteiger partial charge in [0.1, 0.15) is 4.88 Å². The van der Waals surface area contributed by atoms with Crippen molar-refractivity contribution in [1.29, 1.82) is 0 Å². The summed E-state index contributed by atoms with van der Waals surface area (Å²) in [6, 6.07) is -0.236. The lowest BCUT2D eigenvalue weighted by Crippen LogP contribution is -2.33. The Morgan fingerprint density at radius 3 is 2.87 bits per heavy atom. The predicted molar refractivity (Wildman–Crippen MR) is 61.6 cm³/mol. The molecule has 0 aliphatic rings. The van der Waals surface area contributed by atoms with E-state index in [1.54, 1.807) is 6.92 Å². The van der Waals surface area contributed by atoms with E-state index in [1.807, 2.05) is 6.92 Å². The molecule has 1 aromatic rings. The Morgan fingerprint density at radius 1 is 1.80 bits per heavy atom. The van der Waals surface area contributed by atoms with Crippen molar-refractivity contribution in [1.82, 2.24) is 10.3 Å². The third-order valence-corrected chi connectivity index (χ3v) is 2.92. The van der Waals surface area contributed by atoms with Gasteiger partial charge in [-0.1, -0.05) is 24.2 Å². The molecule has 0 saturated carbocycles. The quantitative estimate of drug-likeness (QED) is 0.756. The maximum absolute atomic E-state index is 11.7. The zero-order valence-corrected chi connectivity index (χ0v) is 9.52. The first kappa shape index (κ1) is 11.5. The van der Waals surface area contributed by atoms with Gasteiger partial charge in [0.15, 0.2) is 5.13 Å². The normalized spacial score (nSPS) is 11.8. The number of carbonyl (C=O) groups excluding carboxylic acids is 1. The second-order valence-electron chi connectivity index (χ2n) is 3.07. The molecule has 1 aromatic heterocycles. The topological polar surface area (TPSA) is 68.0 Å². The summed E-state index contributed by atoms with van der Waals surface area (Å²) in [7, 11) is 0. The monoisotopic (exact) mass is 223 g/mol. The fourth-order valence-electron chi connectivity index (χ4n) is 1.11. The van der Waals surface area contributed by atoms with Gasteiger partial charge in [0.05, 0.1) is 11.7 Å². The number of nitrogens with zero attached hydrogens (tertiary/aromatic N) is 1. The van der Waals surface area contributed by atoms with Crippen molar-refractivity contribution in [2.75, 3.05) is 5.73 Å². The number of anilines is 1. The highest BCUT2D eigenvalue weighted by Gasteiger charge is 2.16. The van der Waals surface area contributed by atoms with E-state index in [-0.39, 0.29) is 11.9 Å². The average molecular weight is 223 g/mol. The first-order chi connectivity index (χ1) is 7.08.